The predicted octanol–water partition coefficient (Wildman–Crippen LogP) is 5.25. The fourth-order valence-corrected chi connectivity index (χ4v) is 6.09. The Morgan fingerprint density at radius 1 is 0.953 bits per heavy atom. The molecule has 0 radical (unpaired) electrons. The minimum Gasteiger partial charge on any atom is -0.497 e. The molecule has 0 fully saturated rings. The molecule has 0 atom stereocenters. The number of nitrogens with one attached hydrogen (secondary N) is 2. The number of nitrogens with zero attached hydrogens (tertiary/aromatic N) is 2. The van der Waals surface area contributed by atoms with Crippen LogP contribution in [-0.2, 0) is 19.6 Å². The van der Waals surface area contributed by atoms with Crippen molar-refractivity contribution in [3.8, 4) is 40.0 Å². The quantitative estimate of drug-likeness (QED) is 0.216. The molecule has 1 heterocycles. The normalized spacial score (nSPS) is 10.8. The van der Waals surface area contributed by atoms with Gasteiger partial charge in [-0.2, -0.15) is 5.26 Å². The van der Waals surface area contributed by atoms with E-state index >= 15 is 0 Å². The van der Waals surface area contributed by atoms with Crippen molar-refractivity contribution in [2.24, 2.45) is 0 Å². The van der Waals surface area contributed by atoms with Crippen LogP contribution in [0.3, 0.4) is 0 Å². The summed E-state index contributed by atoms with van der Waals surface area (Å²) in [5, 5.41) is 13.4. The standard InChI is InChI=1S/C31H28N4O6S2/c1-20(36)35-43(38,39)24-12-9-22(10-13-24)33-30(37)15-16-42-31-27(19-32)25(18-28(34-31)21-7-5-4-6-8-21)26-17-23(40-2)11-14-29(26)41-3/h4-14,17-18H,15-16H2,1-3H3,(H,33,37)(H,35,36). The molecule has 2 N–H and O–H groups in total. The molecule has 0 saturated carbocycles. The van der Waals surface area contributed by atoms with Crippen molar-refractivity contribution >= 4 is 39.3 Å². The number of nitriles is 1. The molecule has 4 aromatic rings. The van der Waals surface area contributed by atoms with E-state index in [1.807, 2.05) is 41.1 Å². The molecule has 0 bridgehead atoms. The van der Waals surface area contributed by atoms with E-state index in [0.717, 1.165) is 12.5 Å². The number of pyridine rings is 1. The summed E-state index contributed by atoms with van der Waals surface area (Å²) in [4.78, 5) is 28.5. The van der Waals surface area contributed by atoms with Gasteiger partial charge >= 0.3 is 0 Å². The van der Waals surface area contributed by atoms with Crippen molar-refractivity contribution < 1.29 is 27.5 Å². The van der Waals surface area contributed by atoms with Gasteiger partial charge in [0.1, 0.15) is 22.6 Å². The lowest BCUT2D eigenvalue weighted by molar-refractivity contribution is -0.117. The first-order chi connectivity index (χ1) is 20.6. The molecule has 0 aliphatic carbocycles. The van der Waals surface area contributed by atoms with Gasteiger partial charge in [-0.05, 0) is 48.5 Å². The summed E-state index contributed by atoms with van der Waals surface area (Å²) in [5.74, 6) is 0.471. The average molecular weight is 617 g/mol. The van der Waals surface area contributed by atoms with Crippen LogP contribution < -0.4 is 19.5 Å². The Morgan fingerprint density at radius 2 is 1.67 bits per heavy atom. The summed E-state index contributed by atoms with van der Waals surface area (Å²) in [6, 6.07) is 24.5. The zero-order valence-electron chi connectivity index (χ0n) is 23.6. The lowest BCUT2D eigenvalue weighted by atomic mass is 9.98. The molecular weight excluding hydrogens is 588 g/mol. The van der Waals surface area contributed by atoms with E-state index < -0.39 is 15.9 Å². The van der Waals surface area contributed by atoms with E-state index in [1.54, 1.807) is 32.4 Å². The Hall–Kier alpha value is -4.86. The molecular formula is C31H28N4O6S2. The lowest BCUT2D eigenvalue weighted by Crippen LogP contribution is -2.28. The second-order valence-corrected chi connectivity index (χ2v) is 11.9. The van der Waals surface area contributed by atoms with Gasteiger partial charge in [0.15, 0.2) is 0 Å². The molecule has 43 heavy (non-hydrogen) atoms. The molecule has 0 saturated heterocycles. The number of hydrogen-bond donors (Lipinski definition) is 2. The third kappa shape index (κ3) is 7.71. The minimum absolute atomic E-state index is 0.0938. The first kappa shape index (κ1) is 31.1. The number of ether oxygens (including phenoxy) is 2. The molecule has 2 amide bonds. The number of carbonyl (C=O) groups is 2. The largest absolute Gasteiger partial charge is 0.497 e. The topological polar surface area (TPSA) is 147 Å². The molecule has 10 nitrogen and oxygen atoms in total. The number of sulfonamides is 1. The maximum absolute atomic E-state index is 12.7. The number of aromatic nitrogens is 1. The number of carbonyl (C=O) groups excluding carboxylic acids is 2. The van der Waals surface area contributed by atoms with Crippen LogP contribution in [0.15, 0.2) is 88.8 Å². The first-order valence-corrected chi connectivity index (χ1v) is 15.4. The Morgan fingerprint density at radius 3 is 2.30 bits per heavy atom. The van der Waals surface area contributed by atoms with Gasteiger partial charge < -0.3 is 14.8 Å². The van der Waals surface area contributed by atoms with Gasteiger partial charge in [0.05, 0.1) is 30.4 Å². The minimum atomic E-state index is -3.98. The molecule has 220 valence electrons. The summed E-state index contributed by atoms with van der Waals surface area (Å²) >= 11 is 1.28. The maximum Gasteiger partial charge on any atom is 0.264 e. The molecule has 12 heteroatoms. The molecule has 0 unspecified atom stereocenters. The molecule has 3 aromatic carbocycles. The summed E-state index contributed by atoms with van der Waals surface area (Å²) in [6.45, 7) is 1.10. The fraction of sp³-hybridized carbons (Fsp3) is 0.161. The number of amides is 2. The highest BCUT2D eigenvalue weighted by Crippen LogP contribution is 2.40. The summed E-state index contributed by atoms with van der Waals surface area (Å²) in [5.41, 5.74) is 3.54. The molecule has 0 spiro atoms. The number of benzene rings is 3. The highest BCUT2D eigenvalue weighted by molar-refractivity contribution is 7.99. The van der Waals surface area contributed by atoms with Crippen molar-refractivity contribution in [3.63, 3.8) is 0 Å². The van der Waals surface area contributed by atoms with Crippen molar-refractivity contribution in [3.05, 3.63) is 84.4 Å². The molecule has 4 rings (SSSR count). The smallest absolute Gasteiger partial charge is 0.264 e. The second kappa shape index (κ2) is 13.9. The number of rotatable bonds is 11. The Labute approximate surface area is 254 Å². The third-order valence-corrected chi connectivity index (χ3v) is 8.58. The van der Waals surface area contributed by atoms with E-state index in [4.69, 9.17) is 14.5 Å². The maximum atomic E-state index is 12.7. The van der Waals surface area contributed by atoms with Crippen molar-refractivity contribution in [1.29, 1.82) is 5.26 Å². The Bertz CT molecular complexity index is 1790. The van der Waals surface area contributed by atoms with E-state index in [-0.39, 0.29) is 17.2 Å². The molecule has 0 aliphatic heterocycles. The SMILES string of the molecule is COc1ccc(OC)c(-c2cc(-c3ccccc3)nc(SCCC(=O)Nc3ccc(S(=O)(=O)NC(C)=O)cc3)c2C#N)c1. The number of hydrogen-bond acceptors (Lipinski definition) is 9. The van der Waals surface area contributed by atoms with Crippen LogP contribution in [0.1, 0.15) is 18.9 Å². The van der Waals surface area contributed by atoms with Gasteiger partial charge in [0.2, 0.25) is 11.8 Å². The van der Waals surface area contributed by atoms with E-state index in [1.165, 1.54) is 36.0 Å². The van der Waals surface area contributed by atoms with Crippen LogP contribution in [0.4, 0.5) is 5.69 Å². The number of anilines is 1. The summed E-state index contributed by atoms with van der Waals surface area (Å²) in [6.07, 6.45) is 0.0938. The monoisotopic (exact) mass is 616 g/mol. The zero-order valence-corrected chi connectivity index (χ0v) is 25.2. The van der Waals surface area contributed by atoms with Gasteiger partial charge in [0.25, 0.3) is 10.0 Å². The van der Waals surface area contributed by atoms with Crippen molar-refractivity contribution in [2.75, 3.05) is 25.3 Å². The third-order valence-electron chi connectivity index (χ3n) is 6.16. The fourth-order valence-electron chi connectivity index (χ4n) is 4.16. The van der Waals surface area contributed by atoms with Gasteiger partial charge in [-0.3, -0.25) is 9.59 Å². The van der Waals surface area contributed by atoms with E-state index in [2.05, 4.69) is 11.4 Å². The van der Waals surface area contributed by atoms with Crippen LogP contribution in [0.2, 0.25) is 0 Å². The van der Waals surface area contributed by atoms with Crippen LogP contribution in [-0.4, -0.2) is 45.2 Å². The average Bonchev–Trinajstić information content (AvgIpc) is 3.00. The zero-order chi connectivity index (χ0) is 31.0. The van der Waals surface area contributed by atoms with Gasteiger partial charge in [-0.15, -0.1) is 11.8 Å². The van der Waals surface area contributed by atoms with E-state index in [9.17, 15) is 23.3 Å². The van der Waals surface area contributed by atoms with Crippen LogP contribution >= 0.6 is 11.8 Å². The van der Waals surface area contributed by atoms with Crippen molar-refractivity contribution in [2.45, 2.75) is 23.3 Å². The Balaban J connectivity index is 1.57. The van der Waals surface area contributed by atoms with Crippen molar-refractivity contribution in [1.82, 2.24) is 9.71 Å². The molecule has 1 aromatic heterocycles. The lowest BCUT2D eigenvalue weighted by Gasteiger charge is -2.15. The van der Waals surface area contributed by atoms with Gasteiger partial charge in [0, 0.05) is 41.5 Å². The predicted molar refractivity (Wildman–Crippen MR) is 164 cm³/mol. The summed E-state index contributed by atoms with van der Waals surface area (Å²) < 4.78 is 37.2. The van der Waals surface area contributed by atoms with Gasteiger partial charge in [-0.25, -0.2) is 18.1 Å². The highest BCUT2D eigenvalue weighted by Gasteiger charge is 2.20. The van der Waals surface area contributed by atoms with Crippen LogP contribution in [0, 0.1) is 11.3 Å². The number of methoxy groups -OCH3 is 2. The van der Waals surface area contributed by atoms with Crippen LogP contribution in [0.5, 0.6) is 11.5 Å². The highest BCUT2D eigenvalue weighted by atomic mass is 32.2. The second-order valence-electron chi connectivity index (χ2n) is 9.11. The van der Waals surface area contributed by atoms with E-state index in [0.29, 0.717) is 50.3 Å². The first-order valence-electron chi connectivity index (χ1n) is 12.9. The number of thioether (sulfide) groups is 1. The van der Waals surface area contributed by atoms with Gasteiger partial charge in [-0.1, -0.05) is 30.3 Å². The Kier molecular flexibility index (Phi) is 10.0. The summed E-state index contributed by atoms with van der Waals surface area (Å²) in [7, 11) is -0.857. The van der Waals surface area contributed by atoms with Crippen LogP contribution in [0.25, 0.3) is 22.4 Å². The molecule has 0 aliphatic rings.